The average molecular weight is 325 g/mol. The van der Waals surface area contributed by atoms with Gasteiger partial charge in [0.25, 0.3) is 0 Å². The van der Waals surface area contributed by atoms with Gasteiger partial charge in [0.1, 0.15) is 6.33 Å². The molecular formula is C10H14ClIN2. The largest absolute Gasteiger partial charge is 0.244 e. The zero-order valence-corrected chi connectivity index (χ0v) is 11.5. The monoisotopic (exact) mass is 324 g/mol. The lowest BCUT2D eigenvalue weighted by Gasteiger charge is -2.24. The number of rotatable bonds is 2. The predicted octanol–water partition coefficient (Wildman–Crippen LogP) is 3.28. The molecule has 1 atom stereocenters. The van der Waals surface area contributed by atoms with Crippen molar-refractivity contribution >= 4 is 34.2 Å². The minimum Gasteiger partial charge on any atom is -0.244 e. The molecule has 1 aromatic rings. The highest BCUT2D eigenvalue weighted by Crippen LogP contribution is 2.27. The molecule has 1 heterocycles. The van der Waals surface area contributed by atoms with E-state index < -0.39 is 0 Å². The molecule has 0 N–H and O–H groups in total. The zero-order chi connectivity index (χ0) is 10.8. The summed E-state index contributed by atoms with van der Waals surface area (Å²) in [5.41, 5.74) is 1.14. The van der Waals surface area contributed by atoms with E-state index in [9.17, 15) is 0 Å². The van der Waals surface area contributed by atoms with E-state index >= 15 is 0 Å². The summed E-state index contributed by atoms with van der Waals surface area (Å²) >= 11 is 8.54. The molecule has 0 radical (unpaired) electrons. The van der Waals surface area contributed by atoms with Gasteiger partial charge in [-0.05, 0) is 28.0 Å². The molecule has 0 amide bonds. The summed E-state index contributed by atoms with van der Waals surface area (Å²) in [5, 5.41) is 0.103. The van der Waals surface area contributed by atoms with Crippen molar-refractivity contribution in [2.24, 2.45) is 5.41 Å². The van der Waals surface area contributed by atoms with Crippen LogP contribution in [0.3, 0.4) is 0 Å². The first-order valence-corrected chi connectivity index (χ1v) is 6.01. The molecule has 0 bridgehead atoms. The maximum Gasteiger partial charge on any atom is 0.115 e. The van der Waals surface area contributed by atoms with Gasteiger partial charge in [-0.1, -0.05) is 20.8 Å². The molecule has 2 nitrogen and oxygen atoms in total. The fourth-order valence-corrected chi connectivity index (χ4v) is 1.63. The van der Waals surface area contributed by atoms with Gasteiger partial charge in [0, 0.05) is 18.0 Å². The Morgan fingerprint density at radius 2 is 2.14 bits per heavy atom. The second kappa shape index (κ2) is 4.75. The Balaban J connectivity index is 2.75. The van der Waals surface area contributed by atoms with Crippen LogP contribution in [-0.2, 0) is 6.42 Å². The lowest BCUT2D eigenvalue weighted by molar-refractivity contribution is 0.384. The summed E-state index contributed by atoms with van der Waals surface area (Å²) < 4.78 is 1.08. The maximum atomic E-state index is 6.30. The summed E-state index contributed by atoms with van der Waals surface area (Å²) in [6, 6.07) is 0. The second-order valence-electron chi connectivity index (χ2n) is 4.36. The fraction of sp³-hybridized carbons (Fsp3) is 0.600. The van der Waals surface area contributed by atoms with Crippen molar-refractivity contribution in [2.45, 2.75) is 32.6 Å². The first kappa shape index (κ1) is 12.2. The van der Waals surface area contributed by atoms with Crippen molar-refractivity contribution in [3.63, 3.8) is 0 Å². The highest BCUT2D eigenvalue weighted by Gasteiger charge is 2.23. The molecular weight excluding hydrogens is 310 g/mol. The molecule has 1 aromatic heterocycles. The summed E-state index contributed by atoms with van der Waals surface area (Å²) in [7, 11) is 0. The van der Waals surface area contributed by atoms with Gasteiger partial charge in [-0.2, -0.15) is 0 Å². The van der Waals surface area contributed by atoms with Gasteiger partial charge in [-0.15, -0.1) is 11.6 Å². The summed E-state index contributed by atoms with van der Waals surface area (Å²) in [6.07, 6.45) is 4.19. The van der Waals surface area contributed by atoms with Gasteiger partial charge in [0.05, 0.1) is 9.26 Å². The molecule has 0 aromatic carbocycles. The van der Waals surface area contributed by atoms with E-state index in [1.807, 2.05) is 6.20 Å². The Labute approximate surface area is 104 Å². The standard InChI is InChI=1S/C10H14ClIN2/c1-10(2,3)9(11)4-8-7(12)5-13-6-14-8/h5-6,9H,4H2,1-3H3. The van der Waals surface area contributed by atoms with Crippen LogP contribution in [0.4, 0.5) is 0 Å². The average Bonchev–Trinajstić information content (AvgIpc) is 2.07. The molecule has 4 heteroatoms. The predicted molar refractivity (Wildman–Crippen MR) is 67.5 cm³/mol. The SMILES string of the molecule is CC(C)(C)C(Cl)Cc1ncncc1I. The first-order valence-electron chi connectivity index (χ1n) is 4.49. The molecule has 1 unspecified atom stereocenters. The molecule has 0 aliphatic heterocycles. The summed E-state index contributed by atoms with van der Waals surface area (Å²) in [4.78, 5) is 8.18. The van der Waals surface area contributed by atoms with E-state index in [4.69, 9.17) is 11.6 Å². The Hall–Kier alpha value is 0.100. The van der Waals surface area contributed by atoms with E-state index in [1.165, 1.54) is 0 Å². The van der Waals surface area contributed by atoms with Crippen molar-refractivity contribution in [3.8, 4) is 0 Å². The molecule has 0 aliphatic rings. The van der Waals surface area contributed by atoms with Crippen molar-refractivity contribution in [3.05, 3.63) is 21.8 Å². The van der Waals surface area contributed by atoms with Gasteiger partial charge in [0.2, 0.25) is 0 Å². The zero-order valence-electron chi connectivity index (χ0n) is 8.59. The van der Waals surface area contributed by atoms with Crippen molar-refractivity contribution in [1.29, 1.82) is 0 Å². The minimum absolute atomic E-state index is 0.103. The van der Waals surface area contributed by atoms with Crippen LogP contribution in [0, 0.1) is 8.99 Å². The van der Waals surface area contributed by atoms with Crippen LogP contribution in [-0.4, -0.2) is 15.3 Å². The number of nitrogens with zero attached hydrogens (tertiary/aromatic N) is 2. The summed E-state index contributed by atoms with van der Waals surface area (Å²) in [6.45, 7) is 6.41. The highest BCUT2D eigenvalue weighted by molar-refractivity contribution is 14.1. The quantitative estimate of drug-likeness (QED) is 0.616. The normalized spacial score (nSPS) is 14.1. The Morgan fingerprint density at radius 3 is 2.64 bits per heavy atom. The van der Waals surface area contributed by atoms with E-state index in [0.717, 1.165) is 15.7 Å². The topological polar surface area (TPSA) is 25.8 Å². The smallest absolute Gasteiger partial charge is 0.115 e. The molecule has 1 rings (SSSR count). The lowest BCUT2D eigenvalue weighted by atomic mass is 9.89. The molecule has 0 saturated carbocycles. The first-order chi connectivity index (χ1) is 6.41. The summed E-state index contributed by atoms with van der Waals surface area (Å²) in [5.74, 6) is 0. The molecule has 0 aliphatic carbocycles. The second-order valence-corrected chi connectivity index (χ2v) is 6.04. The third-order valence-corrected chi connectivity index (χ3v) is 3.77. The van der Waals surface area contributed by atoms with Crippen LogP contribution in [0.25, 0.3) is 0 Å². The lowest BCUT2D eigenvalue weighted by Crippen LogP contribution is -2.23. The van der Waals surface area contributed by atoms with E-state index in [-0.39, 0.29) is 10.8 Å². The number of alkyl halides is 1. The molecule has 78 valence electrons. The number of hydrogen-bond donors (Lipinski definition) is 0. The maximum absolute atomic E-state index is 6.30. The van der Waals surface area contributed by atoms with Crippen LogP contribution in [0.2, 0.25) is 0 Å². The number of halogens is 2. The Kier molecular flexibility index (Phi) is 4.13. The van der Waals surface area contributed by atoms with E-state index in [1.54, 1.807) is 6.33 Å². The van der Waals surface area contributed by atoms with Crippen molar-refractivity contribution < 1.29 is 0 Å². The third kappa shape index (κ3) is 3.35. The van der Waals surface area contributed by atoms with Crippen molar-refractivity contribution in [2.75, 3.05) is 0 Å². The molecule has 0 saturated heterocycles. The highest BCUT2D eigenvalue weighted by atomic mass is 127. The Morgan fingerprint density at radius 1 is 1.50 bits per heavy atom. The van der Waals surface area contributed by atoms with Crippen LogP contribution in [0.1, 0.15) is 26.5 Å². The minimum atomic E-state index is 0.103. The van der Waals surface area contributed by atoms with Gasteiger partial charge in [-0.3, -0.25) is 0 Å². The molecule has 0 fully saturated rings. The third-order valence-electron chi connectivity index (χ3n) is 2.06. The number of hydrogen-bond acceptors (Lipinski definition) is 2. The number of aromatic nitrogens is 2. The molecule has 14 heavy (non-hydrogen) atoms. The van der Waals surface area contributed by atoms with Crippen LogP contribution in [0.5, 0.6) is 0 Å². The van der Waals surface area contributed by atoms with E-state index in [2.05, 4.69) is 53.3 Å². The fourth-order valence-electron chi connectivity index (χ4n) is 0.964. The van der Waals surface area contributed by atoms with Gasteiger partial charge in [0.15, 0.2) is 0 Å². The van der Waals surface area contributed by atoms with Gasteiger partial charge < -0.3 is 0 Å². The van der Waals surface area contributed by atoms with Gasteiger partial charge in [-0.25, -0.2) is 9.97 Å². The van der Waals surface area contributed by atoms with Crippen LogP contribution >= 0.6 is 34.2 Å². The van der Waals surface area contributed by atoms with Crippen LogP contribution in [0.15, 0.2) is 12.5 Å². The molecule has 0 spiro atoms. The van der Waals surface area contributed by atoms with Gasteiger partial charge >= 0.3 is 0 Å². The van der Waals surface area contributed by atoms with E-state index in [0.29, 0.717) is 0 Å². The van der Waals surface area contributed by atoms with Crippen LogP contribution < -0.4 is 0 Å². The Bertz CT molecular complexity index is 309. The van der Waals surface area contributed by atoms with Crippen molar-refractivity contribution in [1.82, 2.24) is 9.97 Å².